The smallest absolute Gasteiger partial charge is 0.222 e. The third kappa shape index (κ3) is 4.27. The summed E-state index contributed by atoms with van der Waals surface area (Å²) in [4.78, 5) is 13.9. The number of aryl methyl sites for hydroxylation is 1. The van der Waals surface area contributed by atoms with Gasteiger partial charge in [0, 0.05) is 19.5 Å². The number of amides is 1. The minimum atomic E-state index is 0.285. The second-order valence-corrected chi connectivity index (χ2v) is 5.16. The molecule has 3 heteroatoms. The molecule has 1 saturated heterocycles. The summed E-state index contributed by atoms with van der Waals surface area (Å²) >= 11 is 0. The van der Waals surface area contributed by atoms with Gasteiger partial charge in [0.25, 0.3) is 0 Å². The number of likely N-dealkylation sites (tertiary alicyclic amines) is 1. The molecule has 0 spiro atoms. The van der Waals surface area contributed by atoms with Crippen LogP contribution in [-0.2, 0) is 4.79 Å². The Bertz CT molecular complexity index is 411. The highest BCUT2D eigenvalue weighted by Crippen LogP contribution is 2.16. The highest BCUT2D eigenvalue weighted by molar-refractivity contribution is 5.76. The Kier molecular flexibility index (Phi) is 5.25. The Hall–Kier alpha value is -1.51. The first-order valence-electron chi connectivity index (χ1n) is 7.23. The molecule has 0 aliphatic carbocycles. The van der Waals surface area contributed by atoms with E-state index in [1.54, 1.807) is 0 Å². The Labute approximate surface area is 115 Å². The first kappa shape index (κ1) is 13.9. The average molecular weight is 261 g/mol. The van der Waals surface area contributed by atoms with Crippen LogP contribution in [0.1, 0.15) is 37.7 Å². The topological polar surface area (TPSA) is 29.5 Å². The second kappa shape index (κ2) is 7.17. The number of carbonyl (C=O) groups is 1. The van der Waals surface area contributed by atoms with Crippen LogP contribution in [0.2, 0.25) is 0 Å². The summed E-state index contributed by atoms with van der Waals surface area (Å²) in [6, 6.07) is 7.99. The number of benzene rings is 1. The highest BCUT2D eigenvalue weighted by atomic mass is 16.5. The van der Waals surface area contributed by atoms with Gasteiger partial charge in [-0.2, -0.15) is 0 Å². The number of piperidine rings is 1. The lowest BCUT2D eigenvalue weighted by molar-refractivity contribution is -0.132. The molecular formula is C16H23NO2. The number of ether oxygens (including phenoxy) is 1. The molecule has 1 aliphatic rings. The summed E-state index contributed by atoms with van der Waals surface area (Å²) in [5.41, 5.74) is 1.14. The van der Waals surface area contributed by atoms with Crippen molar-refractivity contribution in [1.29, 1.82) is 0 Å². The predicted octanol–water partition coefficient (Wildman–Crippen LogP) is 3.17. The number of hydrogen-bond donors (Lipinski definition) is 0. The van der Waals surface area contributed by atoms with Gasteiger partial charge in [-0.05, 0) is 44.2 Å². The second-order valence-electron chi connectivity index (χ2n) is 5.16. The standard InChI is InChI=1S/C16H23NO2/c1-14-8-3-4-9-15(14)19-13-7-10-16(18)17-11-5-2-6-12-17/h3-4,8-9H,2,5-7,10-13H2,1H3. The fourth-order valence-electron chi connectivity index (χ4n) is 2.43. The van der Waals surface area contributed by atoms with Crippen LogP contribution in [0.5, 0.6) is 5.75 Å². The number of rotatable bonds is 5. The number of para-hydroxylation sites is 1. The Morgan fingerprint density at radius 3 is 2.68 bits per heavy atom. The molecule has 0 saturated carbocycles. The molecular weight excluding hydrogens is 238 g/mol. The van der Waals surface area contributed by atoms with Crippen molar-refractivity contribution in [2.45, 2.75) is 39.0 Å². The molecule has 19 heavy (non-hydrogen) atoms. The van der Waals surface area contributed by atoms with E-state index in [9.17, 15) is 4.79 Å². The molecule has 0 bridgehead atoms. The molecule has 1 fully saturated rings. The van der Waals surface area contributed by atoms with Gasteiger partial charge in [-0.1, -0.05) is 18.2 Å². The molecule has 2 rings (SSSR count). The number of hydrogen-bond acceptors (Lipinski definition) is 2. The zero-order valence-corrected chi connectivity index (χ0v) is 11.7. The molecule has 1 aliphatic heterocycles. The summed E-state index contributed by atoms with van der Waals surface area (Å²) < 4.78 is 5.70. The van der Waals surface area contributed by atoms with E-state index in [4.69, 9.17) is 4.74 Å². The van der Waals surface area contributed by atoms with Gasteiger partial charge in [0.15, 0.2) is 0 Å². The van der Waals surface area contributed by atoms with Crippen LogP contribution in [0, 0.1) is 6.92 Å². The van der Waals surface area contributed by atoms with Gasteiger partial charge in [0.2, 0.25) is 5.91 Å². The van der Waals surface area contributed by atoms with Crippen LogP contribution in [0.3, 0.4) is 0 Å². The predicted molar refractivity (Wildman–Crippen MR) is 76.3 cm³/mol. The van der Waals surface area contributed by atoms with Crippen molar-refractivity contribution in [2.24, 2.45) is 0 Å². The lowest BCUT2D eigenvalue weighted by atomic mass is 10.1. The summed E-state index contributed by atoms with van der Waals surface area (Å²) in [6.45, 7) is 4.54. The largest absolute Gasteiger partial charge is 0.493 e. The van der Waals surface area contributed by atoms with Crippen LogP contribution in [0.15, 0.2) is 24.3 Å². The van der Waals surface area contributed by atoms with E-state index in [2.05, 4.69) is 0 Å². The molecule has 1 aromatic carbocycles. The molecule has 1 heterocycles. The van der Waals surface area contributed by atoms with Crippen LogP contribution in [-0.4, -0.2) is 30.5 Å². The van der Waals surface area contributed by atoms with Crippen LogP contribution in [0.4, 0.5) is 0 Å². The molecule has 0 N–H and O–H groups in total. The fourth-order valence-corrected chi connectivity index (χ4v) is 2.43. The third-order valence-electron chi connectivity index (χ3n) is 3.59. The van der Waals surface area contributed by atoms with Crippen molar-refractivity contribution in [3.05, 3.63) is 29.8 Å². The van der Waals surface area contributed by atoms with Crippen LogP contribution < -0.4 is 4.74 Å². The minimum Gasteiger partial charge on any atom is -0.493 e. The normalized spacial score (nSPS) is 15.3. The van der Waals surface area contributed by atoms with E-state index >= 15 is 0 Å². The van der Waals surface area contributed by atoms with Crippen molar-refractivity contribution in [1.82, 2.24) is 4.90 Å². The molecule has 0 aromatic heterocycles. The van der Waals surface area contributed by atoms with Gasteiger partial charge in [-0.25, -0.2) is 0 Å². The van der Waals surface area contributed by atoms with Gasteiger partial charge >= 0.3 is 0 Å². The molecule has 1 aromatic rings. The first-order chi connectivity index (χ1) is 9.27. The van der Waals surface area contributed by atoms with Crippen LogP contribution in [0.25, 0.3) is 0 Å². The fraction of sp³-hybridized carbons (Fsp3) is 0.562. The Balaban J connectivity index is 1.66. The Morgan fingerprint density at radius 1 is 1.21 bits per heavy atom. The summed E-state index contributed by atoms with van der Waals surface area (Å²) in [7, 11) is 0. The van der Waals surface area contributed by atoms with Gasteiger partial charge in [0.05, 0.1) is 6.61 Å². The summed E-state index contributed by atoms with van der Waals surface area (Å²) in [5, 5.41) is 0. The maximum Gasteiger partial charge on any atom is 0.222 e. The first-order valence-corrected chi connectivity index (χ1v) is 7.23. The molecule has 3 nitrogen and oxygen atoms in total. The van der Waals surface area contributed by atoms with E-state index in [0.717, 1.165) is 43.7 Å². The van der Waals surface area contributed by atoms with Gasteiger partial charge in [-0.3, -0.25) is 4.79 Å². The summed E-state index contributed by atoms with van der Waals surface area (Å²) in [5.74, 6) is 1.21. The van der Waals surface area contributed by atoms with Crippen molar-refractivity contribution in [3.63, 3.8) is 0 Å². The average Bonchev–Trinajstić information content (AvgIpc) is 2.46. The van der Waals surface area contributed by atoms with Gasteiger partial charge in [-0.15, -0.1) is 0 Å². The zero-order chi connectivity index (χ0) is 13.5. The van der Waals surface area contributed by atoms with E-state index in [1.165, 1.54) is 6.42 Å². The Morgan fingerprint density at radius 2 is 1.95 bits per heavy atom. The number of nitrogens with zero attached hydrogens (tertiary/aromatic N) is 1. The van der Waals surface area contributed by atoms with Crippen molar-refractivity contribution >= 4 is 5.91 Å². The molecule has 104 valence electrons. The highest BCUT2D eigenvalue weighted by Gasteiger charge is 2.15. The molecule has 0 radical (unpaired) electrons. The van der Waals surface area contributed by atoms with E-state index in [0.29, 0.717) is 13.0 Å². The molecule has 0 atom stereocenters. The quantitative estimate of drug-likeness (QED) is 0.762. The van der Waals surface area contributed by atoms with Crippen molar-refractivity contribution < 1.29 is 9.53 Å². The van der Waals surface area contributed by atoms with Crippen LogP contribution >= 0.6 is 0 Å². The molecule has 0 unspecified atom stereocenters. The summed E-state index contributed by atoms with van der Waals surface area (Å²) in [6.07, 6.45) is 4.98. The SMILES string of the molecule is Cc1ccccc1OCCCC(=O)N1CCCCC1. The lowest BCUT2D eigenvalue weighted by Crippen LogP contribution is -2.35. The van der Waals surface area contributed by atoms with E-state index < -0.39 is 0 Å². The maximum absolute atomic E-state index is 11.9. The van der Waals surface area contributed by atoms with Gasteiger partial charge < -0.3 is 9.64 Å². The third-order valence-corrected chi connectivity index (χ3v) is 3.59. The lowest BCUT2D eigenvalue weighted by Gasteiger charge is -2.26. The van der Waals surface area contributed by atoms with E-state index in [1.807, 2.05) is 36.1 Å². The van der Waals surface area contributed by atoms with Crippen molar-refractivity contribution in [2.75, 3.05) is 19.7 Å². The zero-order valence-electron chi connectivity index (χ0n) is 11.7. The maximum atomic E-state index is 11.9. The molecule has 1 amide bonds. The minimum absolute atomic E-state index is 0.285. The van der Waals surface area contributed by atoms with Crippen molar-refractivity contribution in [3.8, 4) is 5.75 Å². The number of carbonyl (C=O) groups excluding carboxylic acids is 1. The van der Waals surface area contributed by atoms with E-state index in [-0.39, 0.29) is 5.91 Å². The van der Waals surface area contributed by atoms with Gasteiger partial charge in [0.1, 0.15) is 5.75 Å². The monoisotopic (exact) mass is 261 g/mol.